The first kappa shape index (κ1) is 16.3. The van der Waals surface area contributed by atoms with Gasteiger partial charge in [0.15, 0.2) is 0 Å². The minimum atomic E-state index is -0.871. The van der Waals surface area contributed by atoms with Gasteiger partial charge in [-0.25, -0.2) is 4.79 Å². The Morgan fingerprint density at radius 3 is 2.76 bits per heavy atom. The Morgan fingerprint density at radius 2 is 2.10 bits per heavy atom. The molecular formula is C14H16Br2N2O3. The summed E-state index contributed by atoms with van der Waals surface area (Å²) < 4.78 is 1.69. The van der Waals surface area contributed by atoms with E-state index in [9.17, 15) is 9.59 Å². The Balaban J connectivity index is 2.08. The number of urea groups is 1. The van der Waals surface area contributed by atoms with E-state index in [4.69, 9.17) is 5.11 Å². The number of carboxylic acids is 1. The third-order valence-corrected chi connectivity index (χ3v) is 4.62. The van der Waals surface area contributed by atoms with Crippen LogP contribution in [-0.4, -0.2) is 34.6 Å². The van der Waals surface area contributed by atoms with E-state index in [-0.39, 0.29) is 18.5 Å². The molecule has 1 aromatic carbocycles. The van der Waals surface area contributed by atoms with Crippen LogP contribution in [0, 0.1) is 0 Å². The van der Waals surface area contributed by atoms with Gasteiger partial charge in [-0.1, -0.05) is 15.9 Å². The van der Waals surface area contributed by atoms with E-state index in [2.05, 4.69) is 37.2 Å². The molecule has 0 bridgehead atoms. The first-order valence-corrected chi connectivity index (χ1v) is 8.30. The van der Waals surface area contributed by atoms with E-state index in [1.54, 1.807) is 11.0 Å². The van der Waals surface area contributed by atoms with E-state index in [0.717, 1.165) is 28.2 Å². The van der Waals surface area contributed by atoms with Gasteiger partial charge in [-0.05, 0) is 53.4 Å². The van der Waals surface area contributed by atoms with Crippen LogP contribution >= 0.6 is 31.9 Å². The Labute approximate surface area is 140 Å². The summed E-state index contributed by atoms with van der Waals surface area (Å²) in [6.07, 6.45) is 2.60. The Kier molecular flexibility index (Phi) is 5.64. The Hall–Kier alpha value is -1.08. The quantitative estimate of drug-likeness (QED) is 0.775. The molecule has 7 heteroatoms. The van der Waals surface area contributed by atoms with Crippen molar-refractivity contribution in [2.45, 2.75) is 31.7 Å². The van der Waals surface area contributed by atoms with Gasteiger partial charge in [0.05, 0.1) is 12.1 Å². The molecule has 21 heavy (non-hydrogen) atoms. The maximum Gasteiger partial charge on any atom is 0.322 e. The highest BCUT2D eigenvalue weighted by Crippen LogP contribution is 2.27. The molecule has 114 valence electrons. The van der Waals surface area contributed by atoms with Gasteiger partial charge in [-0.2, -0.15) is 0 Å². The summed E-state index contributed by atoms with van der Waals surface area (Å²) in [5.41, 5.74) is 0.669. The standard InChI is InChI=1S/C14H16Br2N2O3/c15-9-4-5-12(11(16)7-9)17-14(21)18-6-2-1-3-10(18)8-13(19)20/h4-5,7,10H,1-3,6,8H2,(H,17,21)(H,19,20). The number of benzene rings is 1. The molecule has 2 rings (SSSR count). The molecule has 1 fully saturated rings. The molecule has 1 aliphatic rings. The monoisotopic (exact) mass is 418 g/mol. The van der Waals surface area contributed by atoms with Crippen molar-refractivity contribution in [2.24, 2.45) is 0 Å². The number of piperidine rings is 1. The van der Waals surface area contributed by atoms with Crippen molar-refractivity contribution in [3.8, 4) is 0 Å². The van der Waals surface area contributed by atoms with E-state index in [1.165, 1.54) is 0 Å². The molecule has 0 saturated carbocycles. The highest BCUT2D eigenvalue weighted by Gasteiger charge is 2.28. The summed E-state index contributed by atoms with van der Waals surface area (Å²) in [6, 6.07) is 5.00. The topological polar surface area (TPSA) is 69.6 Å². The fraction of sp³-hybridized carbons (Fsp3) is 0.429. The zero-order chi connectivity index (χ0) is 15.4. The lowest BCUT2D eigenvalue weighted by Crippen LogP contribution is -2.46. The molecular weight excluding hydrogens is 404 g/mol. The van der Waals surface area contributed by atoms with Gasteiger partial charge in [0.2, 0.25) is 0 Å². The van der Waals surface area contributed by atoms with Crippen molar-refractivity contribution >= 4 is 49.5 Å². The summed E-state index contributed by atoms with van der Waals surface area (Å²) >= 11 is 6.76. The number of hydrogen-bond donors (Lipinski definition) is 2. The average Bonchev–Trinajstić information content (AvgIpc) is 2.42. The van der Waals surface area contributed by atoms with Crippen LogP contribution in [0.5, 0.6) is 0 Å². The molecule has 1 unspecified atom stereocenters. The summed E-state index contributed by atoms with van der Waals surface area (Å²) in [7, 11) is 0. The SMILES string of the molecule is O=C(O)CC1CCCCN1C(=O)Nc1ccc(Br)cc1Br. The second kappa shape index (κ2) is 7.26. The largest absolute Gasteiger partial charge is 0.481 e. The number of nitrogens with one attached hydrogen (secondary N) is 1. The highest BCUT2D eigenvalue weighted by atomic mass is 79.9. The van der Waals surface area contributed by atoms with Crippen LogP contribution < -0.4 is 5.32 Å². The van der Waals surface area contributed by atoms with Crippen molar-refractivity contribution in [2.75, 3.05) is 11.9 Å². The maximum absolute atomic E-state index is 12.4. The number of carbonyl (C=O) groups is 2. The molecule has 1 saturated heterocycles. The van der Waals surface area contributed by atoms with Crippen LogP contribution in [0.15, 0.2) is 27.1 Å². The van der Waals surface area contributed by atoms with Gasteiger partial charge in [0, 0.05) is 21.5 Å². The van der Waals surface area contributed by atoms with Crippen LogP contribution in [0.4, 0.5) is 10.5 Å². The fourth-order valence-electron chi connectivity index (χ4n) is 2.46. The van der Waals surface area contributed by atoms with Crippen molar-refractivity contribution in [3.05, 3.63) is 27.1 Å². The lowest BCUT2D eigenvalue weighted by Gasteiger charge is -2.35. The average molecular weight is 420 g/mol. The molecule has 0 spiro atoms. The molecule has 2 N–H and O–H groups in total. The first-order chi connectivity index (χ1) is 9.97. The first-order valence-electron chi connectivity index (χ1n) is 6.72. The number of carbonyl (C=O) groups excluding carboxylic acids is 1. The number of halogens is 2. The van der Waals surface area contributed by atoms with E-state index in [1.807, 2.05) is 12.1 Å². The zero-order valence-corrected chi connectivity index (χ0v) is 14.5. The number of aliphatic carboxylic acids is 1. The van der Waals surface area contributed by atoms with Crippen LogP contribution in [0.2, 0.25) is 0 Å². The van der Waals surface area contributed by atoms with Gasteiger partial charge < -0.3 is 15.3 Å². The molecule has 1 aliphatic heterocycles. The van der Waals surface area contributed by atoms with E-state index >= 15 is 0 Å². The number of anilines is 1. The number of amides is 2. The number of rotatable bonds is 3. The molecule has 0 radical (unpaired) electrons. The van der Waals surface area contributed by atoms with Gasteiger partial charge in [-0.3, -0.25) is 4.79 Å². The molecule has 1 atom stereocenters. The molecule has 0 aliphatic carbocycles. The lowest BCUT2D eigenvalue weighted by molar-refractivity contribution is -0.138. The molecule has 2 amide bonds. The number of hydrogen-bond acceptors (Lipinski definition) is 2. The molecule has 1 heterocycles. The number of likely N-dealkylation sites (tertiary alicyclic amines) is 1. The maximum atomic E-state index is 12.4. The Bertz CT molecular complexity index is 551. The summed E-state index contributed by atoms with van der Waals surface area (Å²) in [6.45, 7) is 0.595. The molecule has 1 aromatic rings. The normalized spacial score (nSPS) is 18.4. The Morgan fingerprint density at radius 1 is 1.33 bits per heavy atom. The van der Waals surface area contributed by atoms with Crippen LogP contribution in [0.25, 0.3) is 0 Å². The second-order valence-corrected chi connectivity index (χ2v) is 6.77. The second-order valence-electron chi connectivity index (χ2n) is 5.00. The number of nitrogens with zero attached hydrogens (tertiary/aromatic N) is 1. The summed E-state index contributed by atoms with van der Waals surface area (Å²) in [5, 5.41) is 11.8. The van der Waals surface area contributed by atoms with Crippen molar-refractivity contribution < 1.29 is 14.7 Å². The van der Waals surface area contributed by atoms with Crippen LogP contribution in [0.3, 0.4) is 0 Å². The van der Waals surface area contributed by atoms with Crippen molar-refractivity contribution in [1.29, 1.82) is 0 Å². The smallest absolute Gasteiger partial charge is 0.322 e. The van der Waals surface area contributed by atoms with Gasteiger partial charge in [0.25, 0.3) is 0 Å². The van der Waals surface area contributed by atoms with Crippen molar-refractivity contribution in [1.82, 2.24) is 4.90 Å². The van der Waals surface area contributed by atoms with Crippen molar-refractivity contribution in [3.63, 3.8) is 0 Å². The number of carboxylic acid groups (broad SMARTS) is 1. The predicted octanol–water partition coefficient (Wildman–Crippen LogP) is 4.07. The van der Waals surface area contributed by atoms with E-state index in [0.29, 0.717) is 12.2 Å². The summed E-state index contributed by atoms with van der Waals surface area (Å²) in [4.78, 5) is 24.9. The van der Waals surface area contributed by atoms with E-state index < -0.39 is 5.97 Å². The van der Waals surface area contributed by atoms with Gasteiger partial charge in [-0.15, -0.1) is 0 Å². The van der Waals surface area contributed by atoms with Gasteiger partial charge in [0.1, 0.15) is 0 Å². The van der Waals surface area contributed by atoms with Crippen LogP contribution in [0.1, 0.15) is 25.7 Å². The van der Waals surface area contributed by atoms with Crippen LogP contribution in [-0.2, 0) is 4.79 Å². The minimum Gasteiger partial charge on any atom is -0.481 e. The fourth-order valence-corrected chi connectivity index (χ4v) is 3.61. The summed E-state index contributed by atoms with van der Waals surface area (Å²) in [5.74, 6) is -0.871. The molecule has 5 nitrogen and oxygen atoms in total. The lowest BCUT2D eigenvalue weighted by atomic mass is 10.00. The minimum absolute atomic E-state index is 0.00503. The highest BCUT2D eigenvalue weighted by molar-refractivity contribution is 9.11. The van der Waals surface area contributed by atoms with Gasteiger partial charge >= 0.3 is 12.0 Å². The third-order valence-electron chi connectivity index (χ3n) is 3.47. The third kappa shape index (κ3) is 4.44. The zero-order valence-electron chi connectivity index (χ0n) is 11.3. The molecule has 0 aromatic heterocycles. The predicted molar refractivity (Wildman–Crippen MR) is 87.5 cm³/mol.